The highest BCUT2D eigenvalue weighted by Crippen LogP contribution is 2.67. The van der Waals surface area contributed by atoms with Gasteiger partial charge in [-0.2, -0.15) is 0 Å². The van der Waals surface area contributed by atoms with Crippen LogP contribution in [0.15, 0.2) is 36.4 Å². The summed E-state index contributed by atoms with van der Waals surface area (Å²) in [5, 5.41) is 0. The lowest BCUT2D eigenvalue weighted by Gasteiger charge is -2.57. The van der Waals surface area contributed by atoms with Crippen molar-refractivity contribution in [2.24, 2.45) is 11.8 Å². The molecular formula is C44H55BN2. The molecule has 244 valence electrons. The van der Waals surface area contributed by atoms with E-state index < -0.39 is 0 Å². The molecule has 3 fully saturated rings. The summed E-state index contributed by atoms with van der Waals surface area (Å²) in [6.45, 7) is 23.0. The second kappa shape index (κ2) is 8.72. The maximum Gasteiger partial charge on any atom is 0.252 e. The van der Waals surface area contributed by atoms with Gasteiger partial charge < -0.3 is 9.80 Å². The van der Waals surface area contributed by atoms with Crippen LogP contribution in [0.3, 0.4) is 0 Å². The first-order valence-electron chi connectivity index (χ1n) is 19.3. The van der Waals surface area contributed by atoms with Gasteiger partial charge in [0.05, 0.1) is 11.1 Å². The molecule has 4 heterocycles. The van der Waals surface area contributed by atoms with Gasteiger partial charge in [0, 0.05) is 33.6 Å². The molecule has 2 nitrogen and oxygen atoms in total. The fourth-order valence-corrected chi connectivity index (χ4v) is 13.2. The second-order valence-corrected chi connectivity index (χ2v) is 19.4. The zero-order valence-corrected chi connectivity index (χ0v) is 30.7. The molecule has 10 rings (SSSR count). The summed E-state index contributed by atoms with van der Waals surface area (Å²) in [5.74, 6) is 1.73. The van der Waals surface area contributed by atoms with Gasteiger partial charge in [-0.1, -0.05) is 103 Å². The minimum absolute atomic E-state index is 0.0764. The Bertz CT molecular complexity index is 1920. The number of aryl methyl sites for hydroxylation is 2. The molecule has 6 unspecified atom stereocenters. The van der Waals surface area contributed by atoms with Crippen LogP contribution >= 0.6 is 0 Å². The number of nitrogens with zero attached hydrogens (tertiary/aromatic N) is 2. The van der Waals surface area contributed by atoms with E-state index in [1.807, 2.05) is 0 Å². The fraction of sp³-hybridized carbons (Fsp3) is 0.591. The smallest absolute Gasteiger partial charge is 0.252 e. The molecule has 0 aromatic heterocycles. The van der Waals surface area contributed by atoms with Crippen LogP contribution in [0.25, 0.3) is 0 Å². The molecule has 0 saturated heterocycles. The van der Waals surface area contributed by atoms with Gasteiger partial charge in [-0.05, 0) is 121 Å². The second-order valence-electron chi connectivity index (χ2n) is 19.4. The number of fused-ring (bicyclic) bond motifs is 11. The van der Waals surface area contributed by atoms with Gasteiger partial charge in [-0.25, -0.2) is 0 Å². The highest BCUT2D eigenvalue weighted by molar-refractivity contribution is 7.00. The predicted octanol–water partition coefficient (Wildman–Crippen LogP) is 9.25. The van der Waals surface area contributed by atoms with Crippen LogP contribution in [-0.4, -0.2) is 17.8 Å². The number of anilines is 4. The first kappa shape index (κ1) is 29.3. The molecule has 0 N–H and O–H groups in total. The Hall–Kier alpha value is -2.68. The zero-order valence-electron chi connectivity index (χ0n) is 30.7. The summed E-state index contributed by atoms with van der Waals surface area (Å²) < 4.78 is 0. The third-order valence-electron chi connectivity index (χ3n) is 15.9. The van der Waals surface area contributed by atoms with E-state index in [1.165, 1.54) is 92.3 Å². The first-order chi connectivity index (χ1) is 22.2. The maximum atomic E-state index is 2.97. The molecule has 0 spiro atoms. The molecule has 0 amide bonds. The van der Waals surface area contributed by atoms with Crippen LogP contribution in [0.1, 0.15) is 140 Å². The van der Waals surface area contributed by atoms with Gasteiger partial charge in [0.25, 0.3) is 6.71 Å². The predicted molar refractivity (Wildman–Crippen MR) is 201 cm³/mol. The summed E-state index contributed by atoms with van der Waals surface area (Å²) in [6, 6.07) is 15.8. The Morgan fingerprint density at radius 1 is 0.638 bits per heavy atom. The van der Waals surface area contributed by atoms with Crippen molar-refractivity contribution in [1.82, 2.24) is 0 Å². The average molecular weight is 623 g/mol. The number of hydrogen-bond acceptors (Lipinski definition) is 2. The van der Waals surface area contributed by atoms with Crippen LogP contribution in [0.4, 0.5) is 22.7 Å². The lowest BCUT2D eigenvalue weighted by Crippen LogP contribution is -2.67. The van der Waals surface area contributed by atoms with E-state index in [1.54, 1.807) is 38.9 Å². The summed E-state index contributed by atoms with van der Waals surface area (Å²) in [5.41, 5.74) is 19.2. The van der Waals surface area contributed by atoms with E-state index in [2.05, 4.69) is 109 Å². The monoisotopic (exact) mass is 622 g/mol. The highest BCUT2D eigenvalue weighted by atomic mass is 15.3. The standard InChI is InChI=1S/C44H55BN2/c1-26-18-31-38-33(19-26)45-34-23-30(40(3,4)5)22-32-39(34)46(43(8)17-13-12-16-41(32,43)6)35-20-27(2)21-36(37(35)45)47(38)44(9)25-29-15-11-10-14-28(29)24-42(31,44)7/h18-23,28-29H,10-17,24-25H2,1-9H3. The minimum Gasteiger partial charge on any atom is -0.335 e. The van der Waals surface area contributed by atoms with Crippen molar-refractivity contribution < 1.29 is 0 Å². The quantitative estimate of drug-likeness (QED) is 0.231. The molecule has 0 bridgehead atoms. The molecule has 4 aliphatic heterocycles. The van der Waals surface area contributed by atoms with Crippen LogP contribution in [0.5, 0.6) is 0 Å². The molecule has 47 heavy (non-hydrogen) atoms. The van der Waals surface area contributed by atoms with Gasteiger partial charge in [0.15, 0.2) is 0 Å². The van der Waals surface area contributed by atoms with Crippen LogP contribution < -0.4 is 26.2 Å². The van der Waals surface area contributed by atoms with Gasteiger partial charge in [0.1, 0.15) is 0 Å². The largest absolute Gasteiger partial charge is 0.335 e. The SMILES string of the molecule is Cc1cc2c3c(c1)N1c4c(cc(C)cc4C4(C)CC5CCCCC5CC14C)B3c1cc(C(C)(C)C)cc3c1N2C1(C)CCCCC31C. The Morgan fingerprint density at radius 3 is 1.89 bits per heavy atom. The van der Waals surface area contributed by atoms with E-state index in [9.17, 15) is 0 Å². The Morgan fingerprint density at radius 2 is 1.21 bits per heavy atom. The van der Waals surface area contributed by atoms with Crippen molar-refractivity contribution in [3.63, 3.8) is 0 Å². The Balaban J connectivity index is 1.33. The van der Waals surface area contributed by atoms with Crippen molar-refractivity contribution in [3.8, 4) is 0 Å². The molecule has 3 heteroatoms. The van der Waals surface area contributed by atoms with E-state index in [-0.39, 0.29) is 34.0 Å². The number of rotatable bonds is 0. The highest BCUT2D eigenvalue weighted by Gasteiger charge is 2.66. The van der Waals surface area contributed by atoms with E-state index in [4.69, 9.17) is 0 Å². The van der Waals surface area contributed by atoms with Crippen molar-refractivity contribution >= 4 is 45.9 Å². The van der Waals surface area contributed by atoms with Crippen LogP contribution in [-0.2, 0) is 16.2 Å². The molecular weight excluding hydrogens is 567 g/mol. The fourth-order valence-electron chi connectivity index (χ4n) is 13.2. The van der Waals surface area contributed by atoms with Crippen molar-refractivity contribution in [2.75, 3.05) is 9.80 Å². The van der Waals surface area contributed by atoms with Crippen molar-refractivity contribution in [2.45, 2.75) is 154 Å². The Kier molecular flexibility index (Phi) is 5.43. The molecule has 7 aliphatic rings. The Labute approximate surface area is 284 Å². The van der Waals surface area contributed by atoms with E-state index in [0.717, 1.165) is 11.8 Å². The molecule has 3 aromatic rings. The summed E-state index contributed by atoms with van der Waals surface area (Å²) in [6.07, 6.45) is 13.6. The average Bonchev–Trinajstić information content (AvgIpc) is 3.34. The van der Waals surface area contributed by atoms with Crippen LogP contribution in [0.2, 0.25) is 0 Å². The van der Waals surface area contributed by atoms with Crippen molar-refractivity contribution in [1.29, 1.82) is 0 Å². The topological polar surface area (TPSA) is 6.48 Å². The van der Waals surface area contributed by atoms with Crippen molar-refractivity contribution in [3.05, 3.63) is 64.2 Å². The number of hydrogen-bond donors (Lipinski definition) is 0. The lowest BCUT2D eigenvalue weighted by molar-refractivity contribution is 0.0581. The molecule has 3 aromatic carbocycles. The van der Waals surface area contributed by atoms with Gasteiger partial charge >= 0.3 is 0 Å². The normalized spacial score (nSPS) is 35.6. The van der Waals surface area contributed by atoms with E-state index in [0.29, 0.717) is 0 Å². The van der Waals surface area contributed by atoms with Gasteiger partial charge in [-0.3, -0.25) is 0 Å². The molecule has 3 aliphatic carbocycles. The molecule has 6 atom stereocenters. The van der Waals surface area contributed by atoms with E-state index >= 15 is 0 Å². The molecule has 3 saturated carbocycles. The minimum atomic E-state index is 0.0764. The van der Waals surface area contributed by atoms with Gasteiger partial charge in [0.2, 0.25) is 0 Å². The third kappa shape index (κ3) is 3.23. The number of benzene rings is 3. The zero-order chi connectivity index (χ0) is 32.6. The summed E-state index contributed by atoms with van der Waals surface area (Å²) in [7, 11) is 0. The third-order valence-corrected chi connectivity index (χ3v) is 15.9. The summed E-state index contributed by atoms with van der Waals surface area (Å²) >= 11 is 0. The molecule has 0 radical (unpaired) electrons. The van der Waals surface area contributed by atoms with Crippen LogP contribution in [0, 0.1) is 25.7 Å². The first-order valence-corrected chi connectivity index (χ1v) is 19.3. The lowest BCUT2D eigenvalue weighted by atomic mass is 9.33. The van der Waals surface area contributed by atoms with Gasteiger partial charge in [-0.15, -0.1) is 0 Å². The summed E-state index contributed by atoms with van der Waals surface area (Å²) in [4.78, 5) is 5.91. The maximum absolute atomic E-state index is 2.97.